The highest BCUT2D eigenvalue weighted by Gasteiger charge is 2.34. The van der Waals surface area contributed by atoms with Gasteiger partial charge in [-0.15, -0.1) is 0 Å². The quantitative estimate of drug-likeness (QED) is 0.637. The van der Waals surface area contributed by atoms with Gasteiger partial charge in [-0.25, -0.2) is 9.59 Å². The zero-order valence-corrected chi connectivity index (χ0v) is 11.7. The van der Waals surface area contributed by atoms with Gasteiger partial charge < -0.3 is 25.5 Å². The largest absolute Gasteiger partial charge is 0.479 e. The van der Waals surface area contributed by atoms with Crippen LogP contribution in [0.1, 0.15) is 11.6 Å². The number of rotatable bonds is 3. The van der Waals surface area contributed by atoms with E-state index in [-0.39, 0.29) is 23.7 Å². The molecule has 8 heteroatoms. The molecule has 0 aromatic heterocycles. The van der Waals surface area contributed by atoms with Crippen LogP contribution in [0.15, 0.2) is 24.3 Å². The molecule has 21 heavy (non-hydrogen) atoms. The van der Waals surface area contributed by atoms with Crippen LogP contribution in [0.2, 0.25) is 5.02 Å². The first kappa shape index (κ1) is 15.6. The molecule has 7 nitrogen and oxygen atoms in total. The minimum atomic E-state index is -1.30. The van der Waals surface area contributed by atoms with Crippen LogP contribution in [0.4, 0.5) is 4.79 Å². The van der Waals surface area contributed by atoms with Crippen molar-refractivity contribution in [2.75, 3.05) is 13.1 Å². The van der Waals surface area contributed by atoms with E-state index in [4.69, 9.17) is 11.6 Å². The molecule has 1 aliphatic rings. The predicted molar refractivity (Wildman–Crippen MR) is 73.9 cm³/mol. The van der Waals surface area contributed by atoms with Gasteiger partial charge in [-0.05, 0) is 6.07 Å². The van der Waals surface area contributed by atoms with Crippen molar-refractivity contribution in [3.63, 3.8) is 0 Å². The highest BCUT2D eigenvalue weighted by atomic mass is 35.5. The van der Waals surface area contributed by atoms with Gasteiger partial charge in [0.1, 0.15) is 0 Å². The molecule has 0 radical (unpaired) electrons. The summed E-state index contributed by atoms with van der Waals surface area (Å²) in [6, 6.07) is 4.32. The number of carbonyl (C=O) groups is 2. The van der Waals surface area contributed by atoms with Crippen LogP contribution < -0.4 is 5.32 Å². The number of carbonyl (C=O) groups excluding carboxylic acids is 1. The number of nitrogens with zero attached hydrogens (tertiary/aromatic N) is 1. The van der Waals surface area contributed by atoms with E-state index in [1.165, 1.54) is 12.1 Å². The lowest BCUT2D eigenvalue weighted by Crippen LogP contribution is -2.43. The third-order valence-electron chi connectivity index (χ3n) is 3.28. The molecule has 1 saturated heterocycles. The van der Waals surface area contributed by atoms with Gasteiger partial charge >= 0.3 is 12.0 Å². The molecular formula is C13H15ClN2O5. The van der Waals surface area contributed by atoms with E-state index in [2.05, 4.69) is 5.32 Å². The third-order valence-corrected chi connectivity index (χ3v) is 3.62. The molecule has 1 fully saturated rings. The lowest BCUT2D eigenvalue weighted by Gasteiger charge is -2.21. The summed E-state index contributed by atoms with van der Waals surface area (Å²) in [7, 11) is 0. The van der Waals surface area contributed by atoms with E-state index in [0.29, 0.717) is 0 Å². The number of β-amino-alcohol motifs (C(OH)–C–C–N with tert-alkyl or cyclic N) is 2. The Hall–Kier alpha value is -1.83. The van der Waals surface area contributed by atoms with Gasteiger partial charge in [0.15, 0.2) is 6.04 Å². The molecule has 2 rings (SSSR count). The van der Waals surface area contributed by atoms with Crippen LogP contribution in [0, 0.1) is 0 Å². The van der Waals surface area contributed by atoms with E-state index in [1.54, 1.807) is 12.1 Å². The monoisotopic (exact) mass is 314 g/mol. The number of aliphatic carboxylic acids is 1. The second-order valence-electron chi connectivity index (χ2n) is 4.78. The Morgan fingerprint density at radius 1 is 1.24 bits per heavy atom. The molecule has 2 amide bonds. The van der Waals surface area contributed by atoms with Gasteiger partial charge in [-0.3, -0.25) is 0 Å². The summed E-state index contributed by atoms with van der Waals surface area (Å²) in [4.78, 5) is 24.5. The van der Waals surface area contributed by atoms with Gasteiger partial charge in [0.25, 0.3) is 0 Å². The van der Waals surface area contributed by atoms with Crippen LogP contribution in [0.3, 0.4) is 0 Å². The van der Waals surface area contributed by atoms with E-state index >= 15 is 0 Å². The fourth-order valence-electron chi connectivity index (χ4n) is 2.13. The number of halogens is 1. The molecule has 0 saturated carbocycles. The average molecular weight is 315 g/mol. The van der Waals surface area contributed by atoms with E-state index < -0.39 is 30.3 Å². The topological polar surface area (TPSA) is 110 Å². The first-order valence-electron chi connectivity index (χ1n) is 6.29. The summed E-state index contributed by atoms with van der Waals surface area (Å²) in [6.45, 7) is -0.107. The molecule has 1 aromatic carbocycles. The SMILES string of the molecule is O=C(O)[C@H](NC(=O)N1CC(O)C(O)C1)c1ccccc1Cl. The maximum atomic E-state index is 12.0. The Morgan fingerprint density at radius 3 is 2.33 bits per heavy atom. The second kappa shape index (κ2) is 6.30. The van der Waals surface area contributed by atoms with Crippen LogP contribution >= 0.6 is 11.6 Å². The number of hydrogen-bond donors (Lipinski definition) is 4. The molecule has 1 heterocycles. The summed E-state index contributed by atoms with van der Waals surface area (Å²) in [5.74, 6) is -1.25. The van der Waals surface area contributed by atoms with Crippen LogP contribution in [0.25, 0.3) is 0 Å². The minimum Gasteiger partial charge on any atom is -0.479 e. The molecule has 0 aliphatic carbocycles. The number of urea groups is 1. The Bertz CT molecular complexity index is 543. The fraction of sp³-hybridized carbons (Fsp3) is 0.385. The van der Waals surface area contributed by atoms with Crippen LogP contribution in [-0.2, 0) is 4.79 Å². The number of aliphatic hydroxyl groups excluding tert-OH is 2. The number of carboxylic acids is 1. The van der Waals surface area contributed by atoms with Crippen molar-refractivity contribution in [1.82, 2.24) is 10.2 Å². The van der Waals surface area contributed by atoms with Crippen molar-refractivity contribution in [2.45, 2.75) is 18.2 Å². The molecule has 3 atom stereocenters. The van der Waals surface area contributed by atoms with Crippen molar-refractivity contribution in [2.24, 2.45) is 0 Å². The standard InChI is InChI=1S/C13H15ClN2O5/c14-8-4-2-1-3-7(8)11(12(19)20)15-13(21)16-5-9(17)10(18)6-16/h1-4,9-11,17-18H,5-6H2,(H,15,21)(H,19,20)/t9?,10?,11-/m1/s1. The molecule has 114 valence electrons. The Balaban J connectivity index is 2.13. The van der Waals surface area contributed by atoms with Gasteiger partial charge in [0.2, 0.25) is 0 Å². The number of likely N-dealkylation sites (tertiary alicyclic amines) is 1. The molecule has 1 aliphatic heterocycles. The summed E-state index contributed by atoms with van der Waals surface area (Å²) in [5, 5.41) is 30.6. The Labute approximate surface area is 125 Å². The summed E-state index contributed by atoms with van der Waals surface area (Å²) >= 11 is 5.94. The van der Waals surface area contributed by atoms with E-state index in [1.807, 2.05) is 0 Å². The average Bonchev–Trinajstić information content (AvgIpc) is 2.76. The number of hydrogen-bond acceptors (Lipinski definition) is 4. The van der Waals surface area contributed by atoms with Crippen molar-refractivity contribution < 1.29 is 24.9 Å². The number of carboxylic acid groups (broad SMARTS) is 1. The number of nitrogens with one attached hydrogen (secondary N) is 1. The Morgan fingerprint density at radius 2 is 1.81 bits per heavy atom. The van der Waals surface area contributed by atoms with Crippen molar-refractivity contribution >= 4 is 23.6 Å². The van der Waals surface area contributed by atoms with Gasteiger partial charge in [-0.1, -0.05) is 29.8 Å². The molecular weight excluding hydrogens is 300 g/mol. The maximum absolute atomic E-state index is 12.0. The minimum absolute atomic E-state index is 0.0537. The molecule has 0 spiro atoms. The molecule has 2 unspecified atom stereocenters. The molecule has 4 N–H and O–H groups in total. The third kappa shape index (κ3) is 3.44. The lowest BCUT2D eigenvalue weighted by molar-refractivity contribution is -0.139. The number of amides is 2. The highest BCUT2D eigenvalue weighted by Crippen LogP contribution is 2.23. The molecule has 0 bridgehead atoms. The van der Waals surface area contributed by atoms with E-state index in [0.717, 1.165) is 4.90 Å². The normalized spacial score (nSPS) is 22.9. The fourth-order valence-corrected chi connectivity index (χ4v) is 2.38. The zero-order chi connectivity index (χ0) is 15.6. The van der Waals surface area contributed by atoms with Crippen molar-refractivity contribution in [3.05, 3.63) is 34.9 Å². The maximum Gasteiger partial charge on any atom is 0.331 e. The molecule has 1 aromatic rings. The summed E-state index contributed by atoms with van der Waals surface area (Å²) in [6.07, 6.45) is -2.06. The smallest absolute Gasteiger partial charge is 0.331 e. The predicted octanol–water partition coefficient (Wildman–Crippen LogP) is 0.213. The van der Waals surface area contributed by atoms with Crippen molar-refractivity contribution in [3.8, 4) is 0 Å². The number of aliphatic hydroxyl groups is 2. The summed E-state index contributed by atoms with van der Waals surface area (Å²) in [5.41, 5.74) is 0.264. The van der Waals surface area contributed by atoms with Crippen LogP contribution in [-0.4, -0.2) is 57.5 Å². The van der Waals surface area contributed by atoms with E-state index in [9.17, 15) is 24.9 Å². The van der Waals surface area contributed by atoms with Gasteiger partial charge in [0, 0.05) is 10.6 Å². The van der Waals surface area contributed by atoms with Gasteiger partial charge in [0.05, 0.1) is 25.3 Å². The zero-order valence-electron chi connectivity index (χ0n) is 10.9. The Kier molecular flexibility index (Phi) is 4.66. The number of benzene rings is 1. The van der Waals surface area contributed by atoms with Crippen molar-refractivity contribution in [1.29, 1.82) is 0 Å². The lowest BCUT2D eigenvalue weighted by atomic mass is 10.1. The first-order valence-corrected chi connectivity index (χ1v) is 6.66. The van der Waals surface area contributed by atoms with Gasteiger partial charge in [-0.2, -0.15) is 0 Å². The van der Waals surface area contributed by atoms with Crippen LogP contribution in [0.5, 0.6) is 0 Å². The summed E-state index contributed by atoms with van der Waals surface area (Å²) < 4.78 is 0. The second-order valence-corrected chi connectivity index (χ2v) is 5.19. The highest BCUT2D eigenvalue weighted by molar-refractivity contribution is 6.31. The first-order chi connectivity index (χ1) is 9.90.